The van der Waals surface area contributed by atoms with Crippen LogP contribution in [0.4, 0.5) is 0 Å². The number of nitrogens with zero attached hydrogens (tertiary/aromatic N) is 1. The Morgan fingerprint density at radius 1 is 1.45 bits per heavy atom. The van der Waals surface area contributed by atoms with Gasteiger partial charge in [0.1, 0.15) is 18.3 Å². The molecule has 0 aliphatic heterocycles. The molecule has 1 aromatic carbocycles. The van der Waals surface area contributed by atoms with Crippen LogP contribution >= 0.6 is 0 Å². The Bertz CT molecular complexity index is 650. The van der Waals surface area contributed by atoms with E-state index >= 15 is 0 Å². The minimum absolute atomic E-state index is 0.204. The molecule has 0 aliphatic carbocycles. The molecule has 0 atom stereocenters. The van der Waals surface area contributed by atoms with E-state index in [1.807, 2.05) is 30.3 Å². The summed E-state index contributed by atoms with van der Waals surface area (Å²) >= 11 is 0. The van der Waals surface area contributed by atoms with Gasteiger partial charge >= 0.3 is 0 Å². The fraction of sp³-hybridized carbons (Fsp3) is 0.312. The van der Waals surface area contributed by atoms with Gasteiger partial charge in [0, 0.05) is 12.6 Å². The second-order valence-electron chi connectivity index (χ2n) is 4.94. The van der Waals surface area contributed by atoms with Gasteiger partial charge in [-0.2, -0.15) is 5.26 Å². The zero-order valence-electron chi connectivity index (χ0n) is 11.8. The van der Waals surface area contributed by atoms with E-state index in [1.165, 1.54) is 0 Å². The van der Waals surface area contributed by atoms with Crippen LogP contribution in [-0.4, -0.2) is 19.2 Å². The number of nitrogens with one attached hydrogen (secondary N) is 1. The third-order valence-corrected chi connectivity index (χ3v) is 2.83. The zero-order valence-corrected chi connectivity index (χ0v) is 11.8. The molecule has 1 N–H and O–H groups in total. The van der Waals surface area contributed by atoms with E-state index in [4.69, 9.17) is 14.4 Å². The molecule has 1 heterocycles. The molecule has 0 fully saturated rings. The molecule has 0 radical (unpaired) electrons. The number of hydrogen-bond donors (Lipinski definition) is 1. The molecule has 0 saturated heterocycles. The highest BCUT2D eigenvalue weighted by Gasteiger charge is 2.15. The van der Waals surface area contributed by atoms with Crippen LogP contribution < -0.4 is 10.1 Å². The van der Waals surface area contributed by atoms with Crippen LogP contribution in [0.2, 0.25) is 0 Å². The fourth-order valence-electron chi connectivity index (χ4n) is 1.81. The molecule has 0 unspecified atom stereocenters. The molecular weight excluding hydrogens is 252 g/mol. The van der Waals surface area contributed by atoms with E-state index < -0.39 is 0 Å². The second-order valence-corrected chi connectivity index (χ2v) is 4.94. The first-order valence-electron chi connectivity index (χ1n) is 6.56. The lowest BCUT2D eigenvalue weighted by molar-refractivity contribution is 0.343. The number of nitriles is 1. The van der Waals surface area contributed by atoms with Crippen molar-refractivity contribution >= 4 is 11.0 Å². The van der Waals surface area contributed by atoms with Crippen molar-refractivity contribution in [2.45, 2.75) is 19.9 Å². The van der Waals surface area contributed by atoms with E-state index in [2.05, 4.69) is 25.7 Å². The predicted molar refractivity (Wildman–Crippen MR) is 78.7 cm³/mol. The minimum Gasteiger partial charge on any atom is -0.484 e. The van der Waals surface area contributed by atoms with Crippen molar-refractivity contribution in [2.75, 3.05) is 13.2 Å². The lowest BCUT2D eigenvalue weighted by Crippen LogP contribution is -2.26. The Morgan fingerprint density at radius 3 is 2.90 bits per heavy atom. The number of para-hydroxylation sites is 1. The Labute approximate surface area is 118 Å². The van der Waals surface area contributed by atoms with Crippen molar-refractivity contribution in [1.82, 2.24) is 5.32 Å². The summed E-state index contributed by atoms with van der Waals surface area (Å²) in [7, 11) is 0. The van der Waals surface area contributed by atoms with Crippen LogP contribution in [0.5, 0.6) is 5.75 Å². The summed E-state index contributed by atoms with van der Waals surface area (Å²) in [4.78, 5) is 0. The van der Waals surface area contributed by atoms with Gasteiger partial charge in [-0.25, -0.2) is 0 Å². The lowest BCUT2D eigenvalue weighted by Gasteiger charge is -2.11. The van der Waals surface area contributed by atoms with Crippen LogP contribution in [0.1, 0.15) is 19.6 Å². The van der Waals surface area contributed by atoms with Crippen LogP contribution in [0.3, 0.4) is 0 Å². The molecule has 4 nitrogen and oxygen atoms in total. The summed E-state index contributed by atoms with van der Waals surface area (Å²) in [5.74, 6) is 0.699. The maximum Gasteiger partial charge on any atom is 0.246 e. The summed E-state index contributed by atoms with van der Waals surface area (Å²) in [6, 6.07) is 9.87. The van der Waals surface area contributed by atoms with Crippen LogP contribution in [0.25, 0.3) is 11.0 Å². The summed E-state index contributed by atoms with van der Waals surface area (Å²) in [5, 5.41) is 13.2. The highest BCUT2D eigenvalue weighted by molar-refractivity contribution is 5.86. The molecule has 2 rings (SSSR count). The average molecular weight is 270 g/mol. The molecular formula is C16H18N2O2. The van der Waals surface area contributed by atoms with Crippen molar-refractivity contribution in [1.29, 1.82) is 5.26 Å². The van der Waals surface area contributed by atoms with Gasteiger partial charge in [-0.15, -0.1) is 0 Å². The van der Waals surface area contributed by atoms with Gasteiger partial charge in [-0.1, -0.05) is 32.6 Å². The first-order valence-corrected chi connectivity index (χ1v) is 6.56. The van der Waals surface area contributed by atoms with Gasteiger partial charge in [0.25, 0.3) is 0 Å². The van der Waals surface area contributed by atoms with Crippen molar-refractivity contribution in [3.8, 4) is 11.8 Å². The van der Waals surface area contributed by atoms with Crippen LogP contribution in [-0.2, 0) is 0 Å². The first-order chi connectivity index (χ1) is 9.61. The molecule has 20 heavy (non-hydrogen) atoms. The van der Waals surface area contributed by atoms with E-state index in [0.717, 1.165) is 11.0 Å². The third kappa shape index (κ3) is 3.19. The van der Waals surface area contributed by atoms with E-state index in [1.54, 1.807) is 0 Å². The van der Waals surface area contributed by atoms with Crippen LogP contribution in [0, 0.1) is 11.3 Å². The number of furan rings is 1. The van der Waals surface area contributed by atoms with Crippen LogP contribution in [0.15, 0.2) is 40.8 Å². The van der Waals surface area contributed by atoms with Gasteiger partial charge in [-0.05, 0) is 17.7 Å². The molecule has 0 amide bonds. The topological polar surface area (TPSA) is 58.2 Å². The third-order valence-electron chi connectivity index (χ3n) is 2.83. The van der Waals surface area contributed by atoms with Gasteiger partial charge in [0.15, 0.2) is 5.75 Å². The Kier molecular flexibility index (Phi) is 4.44. The SMILES string of the molecule is C=C(CNC(C)C)COc1c(C#N)oc2ccccc12. The molecule has 0 bridgehead atoms. The van der Waals surface area contributed by atoms with E-state index in [-0.39, 0.29) is 5.76 Å². The molecule has 2 aromatic rings. The maximum absolute atomic E-state index is 9.10. The highest BCUT2D eigenvalue weighted by atomic mass is 16.5. The summed E-state index contributed by atoms with van der Waals surface area (Å²) in [5.41, 5.74) is 1.58. The zero-order chi connectivity index (χ0) is 14.5. The van der Waals surface area contributed by atoms with Gasteiger partial charge < -0.3 is 14.5 Å². The Hall–Kier alpha value is -2.25. The molecule has 0 spiro atoms. The quantitative estimate of drug-likeness (QED) is 0.819. The number of rotatable bonds is 6. The van der Waals surface area contributed by atoms with Crippen molar-refractivity contribution in [3.05, 3.63) is 42.2 Å². The smallest absolute Gasteiger partial charge is 0.246 e. The molecule has 0 aliphatic rings. The number of ether oxygens (including phenoxy) is 1. The number of fused-ring (bicyclic) bond motifs is 1. The summed E-state index contributed by atoms with van der Waals surface area (Å²) < 4.78 is 11.2. The lowest BCUT2D eigenvalue weighted by atomic mass is 10.2. The average Bonchev–Trinajstić information content (AvgIpc) is 2.80. The van der Waals surface area contributed by atoms with Gasteiger partial charge in [0.05, 0.1) is 5.39 Å². The fourth-order valence-corrected chi connectivity index (χ4v) is 1.81. The van der Waals surface area contributed by atoms with Crippen molar-refractivity contribution in [2.24, 2.45) is 0 Å². The predicted octanol–water partition coefficient (Wildman–Crippen LogP) is 3.24. The second kappa shape index (κ2) is 6.27. The minimum atomic E-state index is 0.204. The normalized spacial score (nSPS) is 10.7. The van der Waals surface area contributed by atoms with E-state index in [0.29, 0.717) is 30.5 Å². The number of benzene rings is 1. The standard InChI is InChI=1S/C16H18N2O2/c1-11(2)18-9-12(3)10-19-16-13-6-4-5-7-14(13)20-15(16)8-17/h4-7,11,18H,3,9-10H2,1-2H3. The number of hydrogen-bond acceptors (Lipinski definition) is 4. The van der Waals surface area contributed by atoms with E-state index in [9.17, 15) is 0 Å². The highest BCUT2D eigenvalue weighted by Crippen LogP contribution is 2.32. The molecule has 0 saturated carbocycles. The summed E-state index contributed by atoms with van der Waals surface area (Å²) in [6.45, 7) is 9.16. The van der Waals surface area contributed by atoms with Gasteiger partial charge in [-0.3, -0.25) is 0 Å². The summed E-state index contributed by atoms with van der Waals surface area (Å²) in [6.07, 6.45) is 0. The van der Waals surface area contributed by atoms with Crippen molar-refractivity contribution in [3.63, 3.8) is 0 Å². The molecule has 4 heteroatoms. The van der Waals surface area contributed by atoms with Gasteiger partial charge in [0.2, 0.25) is 5.76 Å². The van der Waals surface area contributed by atoms with Crippen molar-refractivity contribution < 1.29 is 9.15 Å². The maximum atomic E-state index is 9.10. The molecule has 1 aromatic heterocycles. The Morgan fingerprint density at radius 2 is 2.20 bits per heavy atom. The first kappa shape index (κ1) is 14.2. The monoisotopic (exact) mass is 270 g/mol. The largest absolute Gasteiger partial charge is 0.484 e. The molecule has 104 valence electrons. The Balaban J connectivity index is 2.10.